The molecule has 1 saturated carbocycles. The third-order valence-corrected chi connectivity index (χ3v) is 3.23. The summed E-state index contributed by atoms with van der Waals surface area (Å²) in [4.78, 5) is 23.9. The number of nitrogens with one attached hydrogen (secondary N) is 1. The van der Waals surface area contributed by atoms with Crippen LogP contribution in [-0.2, 0) is 4.79 Å². The van der Waals surface area contributed by atoms with E-state index >= 15 is 0 Å². The molecular weight excluding hydrogens is 232 g/mol. The van der Waals surface area contributed by atoms with Crippen molar-refractivity contribution in [3.8, 4) is 0 Å². The molecule has 2 unspecified atom stereocenters. The van der Waals surface area contributed by atoms with Crippen LogP contribution in [0.25, 0.3) is 0 Å². The van der Waals surface area contributed by atoms with Gasteiger partial charge in [0.15, 0.2) is 0 Å². The van der Waals surface area contributed by atoms with Crippen molar-refractivity contribution in [3.05, 3.63) is 12.7 Å². The van der Waals surface area contributed by atoms with Crippen LogP contribution in [0.3, 0.4) is 0 Å². The van der Waals surface area contributed by atoms with E-state index in [0.29, 0.717) is 5.92 Å². The van der Waals surface area contributed by atoms with Crippen LogP contribution in [0.15, 0.2) is 12.7 Å². The van der Waals surface area contributed by atoms with Gasteiger partial charge in [-0.1, -0.05) is 25.8 Å². The number of nitrogens with zero attached hydrogens (tertiary/aromatic N) is 1. The van der Waals surface area contributed by atoms with Gasteiger partial charge in [0, 0.05) is 12.6 Å². The number of carboxylic acids is 1. The highest BCUT2D eigenvalue weighted by Crippen LogP contribution is 2.23. The summed E-state index contributed by atoms with van der Waals surface area (Å²) < 4.78 is 0. The van der Waals surface area contributed by atoms with Crippen LogP contribution < -0.4 is 5.32 Å². The maximum atomic E-state index is 11.9. The second kappa shape index (κ2) is 7.03. The smallest absolute Gasteiger partial charge is 0.323 e. The highest BCUT2D eigenvalue weighted by molar-refractivity contribution is 5.80. The van der Waals surface area contributed by atoms with E-state index < -0.39 is 5.97 Å². The summed E-state index contributed by atoms with van der Waals surface area (Å²) in [7, 11) is 0. The maximum Gasteiger partial charge on any atom is 0.323 e. The molecule has 0 aromatic heterocycles. The van der Waals surface area contributed by atoms with Crippen molar-refractivity contribution in [3.63, 3.8) is 0 Å². The van der Waals surface area contributed by atoms with Crippen LogP contribution in [-0.4, -0.2) is 41.1 Å². The summed E-state index contributed by atoms with van der Waals surface area (Å²) in [5, 5.41) is 11.7. The summed E-state index contributed by atoms with van der Waals surface area (Å²) in [5.41, 5.74) is 0. The lowest BCUT2D eigenvalue weighted by Gasteiger charge is -2.29. The van der Waals surface area contributed by atoms with Gasteiger partial charge in [0.25, 0.3) is 0 Å². The summed E-state index contributed by atoms with van der Waals surface area (Å²) in [6.07, 6.45) is 5.81. The predicted octanol–water partition coefficient (Wildman–Crippen LogP) is 1.85. The van der Waals surface area contributed by atoms with Gasteiger partial charge in [-0.05, 0) is 18.8 Å². The molecule has 0 radical (unpaired) electrons. The van der Waals surface area contributed by atoms with Crippen LogP contribution in [0.5, 0.6) is 0 Å². The lowest BCUT2D eigenvalue weighted by molar-refractivity contribution is -0.137. The molecule has 1 aliphatic carbocycles. The van der Waals surface area contributed by atoms with Crippen molar-refractivity contribution < 1.29 is 14.7 Å². The highest BCUT2D eigenvalue weighted by Gasteiger charge is 2.23. The maximum absolute atomic E-state index is 11.9. The predicted molar refractivity (Wildman–Crippen MR) is 69.4 cm³/mol. The van der Waals surface area contributed by atoms with Gasteiger partial charge in [0.05, 0.1) is 0 Å². The number of aliphatic carboxylic acids is 1. The van der Waals surface area contributed by atoms with E-state index in [9.17, 15) is 9.59 Å². The Bertz CT molecular complexity index is 317. The minimum atomic E-state index is -1.01. The monoisotopic (exact) mass is 254 g/mol. The molecule has 0 heterocycles. The quantitative estimate of drug-likeness (QED) is 0.736. The molecule has 0 spiro atoms. The van der Waals surface area contributed by atoms with Crippen LogP contribution in [0.4, 0.5) is 4.79 Å². The van der Waals surface area contributed by atoms with Crippen LogP contribution in [0.2, 0.25) is 0 Å². The van der Waals surface area contributed by atoms with Crippen molar-refractivity contribution in [2.45, 2.75) is 38.6 Å². The Morgan fingerprint density at radius 3 is 2.78 bits per heavy atom. The number of urea groups is 1. The van der Waals surface area contributed by atoms with Gasteiger partial charge < -0.3 is 15.3 Å². The second-order valence-corrected chi connectivity index (χ2v) is 4.98. The minimum absolute atomic E-state index is 0.169. The molecule has 18 heavy (non-hydrogen) atoms. The Kier molecular flexibility index (Phi) is 5.68. The van der Waals surface area contributed by atoms with Crippen molar-refractivity contribution in [1.29, 1.82) is 0 Å². The zero-order chi connectivity index (χ0) is 13.5. The number of carbonyl (C=O) groups excluding carboxylic acids is 1. The molecule has 0 aromatic carbocycles. The van der Waals surface area contributed by atoms with E-state index in [4.69, 9.17) is 5.11 Å². The minimum Gasteiger partial charge on any atom is -0.480 e. The first kappa shape index (κ1) is 14.5. The molecule has 5 nitrogen and oxygen atoms in total. The molecule has 0 bridgehead atoms. The average Bonchev–Trinajstić information content (AvgIpc) is 2.27. The third-order valence-electron chi connectivity index (χ3n) is 3.23. The molecule has 2 N–H and O–H groups in total. The van der Waals surface area contributed by atoms with Crippen LogP contribution in [0, 0.1) is 5.92 Å². The third kappa shape index (κ3) is 4.77. The van der Waals surface area contributed by atoms with Gasteiger partial charge in [-0.15, -0.1) is 6.58 Å². The van der Waals surface area contributed by atoms with E-state index in [-0.39, 0.29) is 25.2 Å². The number of carbonyl (C=O) groups is 2. The molecule has 5 heteroatoms. The molecule has 1 fully saturated rings. The Hall–Kier alpha value is -1.52. The molecular formula is C13H22N2O3. The zero-order valence-corrected chi connectivity index (χ0v) is 10.9. The number of rotatable bonds is 5. The first-order valence-corrected chi connectivity index (χ1v) is 6.41. The molecule has 0 aromatic rings. The van der Waals surface area contributed by atoms with Gasteiger partial charge in [-0.3, -0.25) is 4.79 Å². The Balaban J connectivity index is 2.49. The lowest BCUT2D eigenvalue weighted by Crippen LogP contribution is -2.47. The fourth-order valence-corrected chi connectivity index (χ4v) is 2.37. The largest absolute Gasteiger partial charge is 0.480 e. The highest BCUT2D eigenvalue weighted by atomic mass is 16.4. The van der Waals surface area contributed by atoms with E-state index in [1.54, 1.807) is 0 Å². The van der Waals surface area contributed by atoms with E-state index in [2.05, 4.69) is 18.8 Å². The van der Waals surface area contributed by atoms with Gasteiger partial charge in [0.1, 0.15) is 6.54 Å². The molecule has 1 rings (SSSR count). The second-order valence-electron chi connectivity index (χ2n) is 4.98. The van der Waals surface area contributed by atoms with E-state index in [1.807, 2.05) is 0 Å². The van der Waals surface area contributed by atoms with Crippen molar-refractivity contribution in [1.82, 2.24) is 10.2 Å². The standard InChI is InChI=1S/C13H22N2O3/c1-3-7-15(9-12(16)17)13(18)14-11-6-4-5-10(2)8-11/h3,10-11H,1,4-9H2,2H3,(H,14,18)(H,16,17). The number of hydrogen-bond donors (Lipinski definition) is 2. The van der Waals surface area contributed by atoms with E-state index in [1.165, 1.54) is 17.4 Å². The topological polar surface area (TPSA) is 69.6 Å². The summed E-state index contributed by atoms with van der Waals surface area (Å²) in [6.45, 7) is 5.67. The molecule has 1 aliphatic rings. The Morgan fingerprint density at radius 2 is 2.22 bits per heavy atom. The number of amides is 2. The van der Waals surface area contributed by atoms with Gasteiger partial charge in [0.2, 0.25) is 0 Å². The van der Waals surface area contributed by atoms with E-state index in [0.717, 1.165) is 19.3 Å². The number of hydrogen-bond acceptors (Lipinski definition) is 2. The summed E-state index contributed by atoms with van der Waals surface area (Å²) in [5.74, 6) is -0.389. The van der Waals surface area contributed by atoms with Crippen molar-refractivity contribution in [2.24, 2.45) is 5.92 Å². The lowest BCUT2D eigenvalue weighted by atomic mass is 9.87. The first-order valence-electron chi connectivity index (χ1n) is 6.41. The SMILES string of the molecule is C=CCN(CC(=O)O)C(=O)NC1CCCC(C)C1. The normalized spacial score (nSPS) is 23.2. The van der Waals surface area contributed by atoms with Gasteiger partial charge in [-0.25, -0.2) is 4.79 Å². The first-order chi connectivity index (χ1) is 8.52. The van der Waals surface area contributed by atoms with Gasteiger partial charge >= 0.3 is 12.0 Å². The number of carboxylic acid groups (broad SMARTS) is 1. The van der Waals surface area contributed by atoms with Gasteiger partial charge in [-0.2, -0.15) is 0 Å². The van der Waals surface area contributed by atoms with Crippen molar-refractivity contribution >= 4 is 12.0 Å². The Labute approximate surface area is 108 Å². The zero-order valence-electron chi connectivity index (χ0n) is 10.9. The molecule has 0 saturated heterocycles. The summed E-state index contributed by atoms with van der Waals surface area (Å²) >= 11 is 0. The molecule has 102 valence electrons. The molecule has 2 amide bonds. The molecule has 2 atom stereocenters. The molecule has 0 aliphatic heterocycles. The fraction of sp³-hybridized carbons (Fsp3) is 0.692. The fourth-order valence-electron chi connectivity index (χ4n) is 2.37. The Morgan fingerprint density at radius 1 is 1.50 bits per heavy atom. The van der Waals surface area contributed by atoms with Crippen molar-refractivity contribution in [2.75, 3.05) is 13.1 Å². The average molecular weight is 254 g/mol. The van der Waals surface area contributed by atoms with Crippen LogP contribution >= 0.6 is 0 Å². The van der Waals surface area contributed by atoms with Crippen LogP contribution in [0.1, 0.15) is 32.6 Å². The summed E-state index contributed by atoms with van der Waals surface area (Å²) in [6, 6.07) is -0.140.